The third-order valence-electron chi connectivity index (χ3n) is 5.25. The zero-order valence-electron chi connectivity index (χ0n) is 16.5. The molecule has 0 aromatic heterocycles. The van der Waals surface area contributed by atoms with Crippen molar-refractivity contribution in [3.63, 3.8) is 0 Å². The molecule has 150 valence electrons. The number of sulfonamides is 1. The smallest absolute Gasteiger partial charge is 0.242 e. The summed E-state index contributed by atoms with van der Waals surface area (Å²) in [5.74, 6) is 0.0204. The van der Waals surface area contributed by atoms with Crippen molar-refractivity contribution in [2.75, 3.05) is 20.1 Å². The fourth-order valence-corrected chi connectivity index (χ4v) is 4.72. The molecule has 2 rings (SSSR count). The summed E-state index contributed by atoms with van der Waals surface area (Å²) in [7, 11) is -2.10. The van der Waals surface area contributed by atoms with Crippen LogP contribution in [0.3, 0.4) is 0 Å². The van der Waals surface area contributed by atoms with Crippen LogP contribution in [0.4, 0.5) is 0 Å². The molecule has 7 heteroatoms. The summed E-state index contributed by atoms with van der Waals surface area (Å²) in [4.78, 5) is 25.9. The lowest BCUT2D eigenvalue weighted by molar-refractivity contribution is -0.135. The summed E-state index contributed by atoms with van der Waals surface area (Å²) >= 11 is 0. The van der Waals surface area contributed by atoms with Crippen LogP contribution >= 0.6 is 0 Å². The van der Waals surface area contributed by atoms with Crippen LogP contribution in [-0.2, 0) is 14.8 Å². The van der Waals surface area contributed by atoms with Crippen molar-refractivity contribution >= 4 is 21.7 Å². The van der Waals surface area contributed by atoms with Crippen LogP contribution in [0.1, 0.15) is 62.7 Å². The number of piperidine rings is 1. The standard InChI is InChI=1S/C20H30N2O4S/c1-4-18-8-5-6-15-22(18)20(24)9-7-14-21(3)27(25,26)19-12-10-17(11-13-19)16(2)23/h10-13,18H,4-9,14-15H2,1-3H3. The van der Waals surface area contributed by atoms with Gasteiger partial charge in [-0.1, -0.05) is 19.1 Å². The van der Waals surface area contributed by atoms with E-state index in [9.17, 15) is 18.0 Å². The average Bonchev–Trinajstić information content (AvgIpc) is 2.67. The molecule has 0 spiro atoms. The van der Waals surface area contributed by atoms with E-state index in [1.165, 1.54) is 49.0 Å². The minimum atomic E-state index is -3.62. The van der Waals surface area contributed by atoms with Crippen LogP contribution < -0.4 is 0 Å². The molecule has 1 aliphatic rings. The molecule has 0 bridgehead atoms. The second kappa shape index (κ2) is 9.46. The molecule has 1 amide bonds. The van der Waals surface area contributed by atoms with Gasteiger partial charge in [0, 0.05) is 38.2 Å². The molecule has 0 radical (unpaired) electrons. The van der Waals surface area contributed by atoms with Gasteiger partial charge in [-0.2, -0.15) is 0 Å². The van der Waals surface area contributed by atoms with Crippen LogP contribution in [0, 0.1) is 0 Å². The molecule has 0 aliphatic carbocycles. The predicted molar refractivity (Wildman–Crippen MR) is 105 cm³/mol. The molecule has 27 heavy (non-hydrogen) atoms. The van der Waals surface area contributed by atoms with E-state index in [0.717, 1.165) is 25.8 Å². The first-order valence-electron chi connectivity index (χ1n) is 9.64. The lowest BCUT2D eigenvalue weighted by Gasteiger charge is -2.35. The number of hydrogen-bond donors (Lipinski definition) is 0. The van der Waals surface area contributed by atoms with Crippen molar-refractivity contribution in [1.82, 2.24) is 9.21 Å². The van der Waals surface area contributed by atoms with Gasteiger partial charge in [-0.15, -0.1) is 0 Å². The maximum Gasteiger partial charge on any atom is 0.242 e. The van der Waals surface area contributed by atoms with Gasteiger partial charge in [0.2, 0.25) is 15.9 Å². The minimum absolute atomic E-state index is 0.103. The maximum absolute atomic E-state index is 12.6. The first-order valence-corrected chi connectivity index (χ1v) is 11.1. The van der Waals surface area contributed by atoms with Crippen LogP contribution in [0.15, 0.2) is 29.2 Å². The van der Waals surface area contributed by atoms with E-state index in [1.807, 2.05) is 4.90 Å². The topological polar surface area (TPSA) is 74.8 Å². The normalized spacial score (nSPS) is 17.9. The largest absolute Gasteiger partial charge is 0.340 e. The van der Waals surface area contributed by atoms with Gasteiger partial charge >= 0.3 is 0 Å². The highest BCUT2D eigenvalue weighted by Gasteiger charge is 2.26. The summed E-state index contributed by atoms with van der Waals surface area (Å²) in [6.07, 6.45) is 5.11. The molecule has 1 aromatic carbocycles. The Hall–Kier alpha value is -1.73. The number of amides is 1. The highest BCUT2D eigenvalue weighted by Crippen LogP contribution is 2.21. The molecule has 1 aromatic rings. The second-order valence-corrected chi connectivity index (χ2v) is 9.20. The lowest BCUT2D eigenvalue weighted by Crippen LogP contribution is -2.43. The van der Waals surface area contributed by atoms with Crippen LogP contribution in [-0.4, -0.2) is 55.5 Å². The maximum atomic E-state index is 12.6. The summed E-state index contributed by atoms with van der Waals surface area (Å²) in [5.41, 5.74) is 0.481. The number of carbonyl (C=O) groups excluding carboxylic acids is 2. The Morgan fingerprint density at radius 2 is 1.85 bits per heavy atom. The van der Waals surface area contributed by atoms with Crippen molar-refractivity contribution < 1.29 is 18.0 Å². The lowest BCUT2D eigenvalue weighted by atomic mass is 9.99. The van der Waals surface area contributed by atoms with E-state index in [2.05, 4.69) is 6.92 Å². The van der Waals surface area contributed by atoms with Crippen molar-refractivity contribution in [3.8, 4) is 0 Å². The van der Waals surface area contributed by atoms with Gasteiger partial charge in [-0.05, 0) is 51.2 Å². The number of Topliss-reactive ketones (excluding diaryl/α,β-unsaturated/α-hetero) is 1. The Balaban J connectivity index is 1.91. The molecule has 1 fully saturated rings. The van der Waals surface area contributed by atoms with Crippen molar-refractivity contribution in [3.05, 3.63) is 29.8 Å². The van der Waals surface area contributed by atoms with E-state index in [1.54, 1.807) is 0 Å². The molecule has 0 saturated carbocycles. The summed E-state index contributed by atoms with van der Waals surface area (Å²) in [6, 6.07) is 6.27. The van der Waals surface area contributed by atoms with Gasteiger partial charge in [0.25, 0.3) is 0 Å². The first kappa shape index (κ1) is 21.6. The monoisotopic (exact) mass is 394 g/mol. The third kappa shape index (κ3) is 5.39. The molecular weight excluding hydrogens is 364 g/mol. The third-order valence-corrected chi connectivity index (χ3v) is 7.12. The number of benzene rings is 1. The number of carbonyl (C=O) groups is 2. The summed E-state index contributed by atoms with van der Waals surface area (Å²) < 4.78 is 26.5. The molecule has 1 unspecified atom stereocenters. The molecular formula is C20H30N2O4S. The number of hydrogen-bond acceptors (Lipinski definition) is 4. The van der Waals surface area contributed by atoms with Crippen molar-refractivity contribution in [1.29, 1.82) is 0 Å². The van der Waals surface area contributed by atoms with Crippen molar-refractivity contribution in [2.45, 2.75) is 63.3 Å². The number of ketones is 1. The van der Waals surface area contributed by atoms with Crippen LogP contribution in [0.25, 0.3) is 0 Å². The number of rotatable bonds is 8. The Morgan fingerprint density at radius 1 is 1.19 bits per heavy atom. The second-order valence-electron chi connectivity index (χ2n) is 7.16. The molecule has 1 saturated heterocycles. The van der Waals surface area contributed by atoms with Gasteiger partial charge in [0.1, 0.15) is 0 Å². The fraction of sp³-hybridized carbons (Fsp3) is 0.600. The van der Waals surface area contributed by atoms with E-state index in [0.29, 0.717) is 24.4 Å². The zero-order chi connectivity index (χ0) is 20.0. The Morgan fingerprint density at radius 3 is 2.44 bits per heavy atom. The summed E-state index contributed by atoms with van der Waals surface area (Å²) in [5, 5.41) is 0. The van der Waals surface area contributed by atoms with E-state index in [4.69, 9.17) is 0 Å². The van der Waals surface area contributed by atoms with Crippen LogP contribution in [0.5, 0.6) is 0 Å². The van der Waals surface area contributed by atoms with E-state index >= 15 is 0 Å². The predicted octanol–water partition coefficient (Wildman–Crippen LogP) is 3.08. The van der Waals surface area contributed by atoms with Gasteiger partial charge in [-0.3, -0.25) is 9.59 Å². The van der Waals surface area contributed by atoms with E-state index < -0.39 is 10.0 Å². The van der Waals surface area contributed by atoms with Gasteiger partial charge < -0.3 is 4.90 Å². The van der Waals surface area contributed by atoms with Gasteiger partial charge in [-0.25, -0.2) is 12.7 Å². The molecule has 1 aliphatic heterocycles. The quantitative estimate of drug-likeness (QED) is 0.635. The molecule has 1 heterocycles. The summed E-state index contributed by atoms with van der Waals surface area (Å²) in [6.45, 7) is 4.65. The van der Waals surface area contributed by atoms with Crippen molar-refractivity contribution in [2.24, 2.45) is 0 Å². The number of likely N-dealkylation sites (tertiary alicyclic amines) is 1. The molecule has 6 nitrogen and oxygen atoms in total. The Kier molecular flexibility index (Phi) is 7.56. The minimum Gasteiger partial charge on any atom is -0.340 e. The number of nitrogens with zero attached hydrogens (tertiary/aromatic N) is 2. The van der Waals surface area contributed by atoms with Gasteiger partial charge in [0.05, 0.1) is 4.90 Å². The van der Waals surface area contributed by atoms with Gasteiger partial charge in [0.15, 0.2) is 5.78 Å². The van der Waals surface area contributed by atoms with Crippen LogP contribution in [0.2, 0.25) is 0 Å². The Labute approximate surface area is 162 Å². The zero-order valence-corrected chi connectivity index (χ0v) is 17.3. The SMILES string of the molecule is CCC1CCCCN1C(=O)CCCN(C)S(=O)(=O)c1ccc(C(C)=O)cc1. The van der Waals surface area contributed by atoms with E-state index in [-0.39, 0.29) is 23.1 Å². The Bertz CT molecular complexity index is 759. The molecule has 0 N–H and O–H groups in total. The average molecular weight is 395 g/mol. The highest BCUT2D eigenvalue weighted by molar-refractivity contribution is 7.89. The first-order chi connectivity index (χ1) is 12.8. The molecule has 1 atom stereocenters. The fourth-order valence-electron chi connectivity index (χ4n) is 3.51. The highest BCUT2D eigenvalue weighted by atomic mass is 32.2.